The molecule has 0 saturated heterocycles. The molecule has 0 aliphatic heterocycles. The molecule has 0 fully saturated rings. The standard InChI is InChI=1S/C54H34N2OS/c1-3-14-35(15-4-1)37-26-28-46-52(32-37)58-54-41(36-16-5-2-6-17-36)30-31-49(53(46)54)55(40-27-29-45-44-22-9-12-25-50(44)57-51(45)34-40)38-18-13-19-39(33-38)56-47-23-10-7-20-42(47)43-21-8-11-24-48(43)56/h1-34H. The van der Waals surface area contributed by atoms with Crippen molar-refractivity contribution in [3.05, 3.63) is 206 Å². The van der Waals surface area contributed by atoms with Gasteiger partial charge in [0.2, 0.25) is 0 Å². The smallest absolute Gasteiger partial charge is 0.137 e. The normalized spacial score (nSPS) is 11.8. The first kappa shape index (κ1) is 32.8. The summed E-state index contributed by atoms with van der Waals surface area (Å²) in [6.07, 6.45) is 0. The van der Waals surface area contributed by atoms with Gasteiger partial charge >= 0.3 is 0 Å². The number of hydrogen-bond acceptors (Lipinski definition) is 3. The van der Waals surface area contributed by atoms with E-state index in [-0.39, 0.29) is 0 Å². The van der Waals surface area contributed by atoms with Crippen LogP contribution in [0.4, 0.5) is 17.1 Å². The molecule has 0 amide bonds. The van der Waals surface area contributed by atoms with Gasteiger partial charge in [0, 0.05) is 64.8 Å². The van der Waals surface area contributed by atoms with E-state index in [4.69, 9.17) is 4.42 Å². The predicted octanol–water partition coefficient (Wildman–Crippen LogP) is 15.9. The molecule has 58 heavy (non-hydrogen) atoms. The molecule has 3 heterocycles. The summed E-state index contributed by atoms with van der Waals surface area (Å²) in [5.41, 5.74) is 13.3. The van der Waals surface area contributed by atoms with E-state index in [1.165, 1.54) is 64.2 Å². The number of furan rings is 1. The summed E-state index contributed by atoms with van der Waals surface area (Å²) in [6, 6.07) is 74.4. The Morgan fingerprint density at radius 1 is 0.414 bits per heavy atom. The third kappa shape index (κ3) is 5.12. The maximum Gasteiger partial charge on any atom is 0.137 e. The van der Waals surface area contributed by atoms with Crippen LogP contribution in [0.1, 0.15) is 0 Å². The molecule has 0 atom stereocenters. The Hall–Kier alpha value is -7.40. The van der Waals surface area contributed by atoms with Crippen LogP contribution in [-0.2, 0) is 0 Å². The van der Waals surface area contributed by atoms with Crippen molar-refractivity contribution >= 4 is 92.3 Å². The highest BCUT2D eigenvalue weighted by Crippen LogP contribution is 2.50. The van der Waals surface area contributed by atoms with Crippen LogP contribution in [-0.4, -0.2) is 4.57 Å². The highest BCUT2D eigenvalue weighted by Gasteiger charge is 2.23. The lowest BCUT2D eigenvalue weighted by atomic mass is 9.99. The van der Waals surface area contributed by atoms with Gasteiger partial charge in [-0.05, 0) is 82.9 Å². The minimum Gasteiger partial charge on any atom is -0.456 e. The monoisotopic (exact) mass is 758 g/mol. The molecule has 0 aliphatic carbocycles. The van der Waals surface area contributed by atoms with E-state index in [9.17, 15) is 0 Å². The third-order valence-electron chi connectivity index (χ3n) is 11.6. The lowest BCUT2D eigenvalue weighted by Crippen LogP contribution is -2.11. The molecule has 12 rings (SSSR count). The van der Waals surface area contributed by atoms with Crippen molar-refractivity contribution in [2.75, 3.05) is 4.90 Å². The summed E-state index contributed by atoms with van der Waals surface area (Å²) in [5.74, 6) is 0. The first-order chi connectivity index (χ1) is 28.8. The first-order valence-electron chi connectivity index (χ1n) is 19.7. The minimum atomic E-state index is 0.863. The Morgan fingerprint density at radius 3 is 1.83 bits per heavy atom. The highest BCUT2D eigenvalue weighted by atomic mass is 32.1. The van der Waals surface area contributed by atoms with Gasteiger partial charge in [-0.1, -0.05) is 140 Å². The Bertz CT molecular complexity index is 3470. The second-order valence-corrected chi connectivity index (χ2v) is 15.9. The van der Waals surface area contributed by atoms with Crippen molar-refractivity contribution in [2.24, 2.45) is 0 Å². The molecule has 0 saturated carbocycles. The number of hydrogen-bond donors (Lipinski definition) is 0. The van der Waals surface area contributed by atoms with Crippen molar-refractivity contribution in [1.82, 2.24) is 4.57 Å². The lowest BCUT2D eigenvalue weighted by Gasteiger charge is -2.27. The van der Waals surface area contributed by atoms with Crippen LogP contribution in [0, 0.1) is 0 Å². The van der Waals surface area contributed by atoms with Gasteiger partial charge in [-0.2, -0.15) is 0 Å². The molecule has 9 aromatic carbocycles. The Labute approximate surface area is 338 Å². The highest BCUT2D eigenvalue weighted by molar-refractivity contribution is 7.26. The van der Waals surface area contributed by atoms with Gasteiger partial charge in [-0.25, -0.2) is 0 Å². The molecule has 12 aromatic rings. The fourth-order valence-electron chi connectivity index (χ4n) is 8.96. The molecule has 0 bridgehead atoms. The molecule has 0 radical (unpaired) electrons. The average molecular weight is 759 g/mol. The van der Waals surface area contributed by atoms with Crippen LogP contribution in [0.3, 0.4) is 0 Å². The second-order valence-electron chi connectivity index (χ2n) is 14.9. The summed E-state index contributed by atoms with van der Waals surface area (Å²) >= 11 is 1.87. The fraction of sp³-hybridized carbons (Fsp3) is 0. The zero-order valence-electron chi connectivity index (χ0n) is 31.3. The van der Waals surface area contributed by atoms with Crippen LogP contribution >= 0.6 is 11.3 Å². The summed E-state index contributed by atoms with van der Waals surface area (Å²) < 4.78 is 11.5. The minimum absolute atomic E-state index is 0.863. The number of fused-ring (bicyclic) bond motifs is 9. The van der Waals surface area contributed by atoms with Gasteiger partial charge < -0.3 is 13.9 Å². The molecular formula is C54H34N2OS. The van der Waals surface area contributed by atoms with E-state index < -0.39 is 0 Å². The van der Waals surface area contributed by atoms with Crippen molar-refractivity contribution in [2.45, 2.75) is 0 Å². The van der Waals surface area contributed by atoms with E-state index in [1.807, 2.05) is 17.4 Å². The summed E-state index contributed by atoms with van der Waals surface area (Å²) in [4.78, 5) is 2.43. The number of aromatic nitrogens is 1. The zero-order chi connectivity index (χ0) is 38.2. The van der Waals surface area contributed by atoms with E-state index in [0.717, 1.165) is 44.7 Å². The second kappa shape index (κ2) is 13.1. The van der Waals surface area contributed by atoms with Crippen molar-refractivity contribution < 1.29 is 4.42 Å². The Morgan fingerprint density at radius 2 is 1.05 bits per heavy atom. The van der Waals surface area contributed by atoms with Crippen molar-refractivity contribution in [3.8, 4) is 27.9 Å². The topological polar surface area (TPSA) is 21.3 Å². The first-order valence-corrected chi connectivity index (χ1v) is 20.5. The van der Waals surface area contributed by atoms with Gasteiger partial charge in [-0.3, -0.25) is 0 Å². The molecular weight excluding hydrogens is 725 g/mol. The quantitative estimate of drug-likeness (QED) is 0.168. The SMILES string of the molecule is c1ccc(-c2ccc3c(c2)sc2c(-c4ccccc4)ccc(N(c4cccc(-n5c6ccccc6c6ccccc65)c4)c4ccc5c(c4)oc4ccccc45)c23)cc1. The lowest BCUT2D eigenvalue weighted by molar-refractivity contribution is 0.669. The maximum atomic E-state index is 6.54. The molecule has 0 spiro atoms. The molecule has 3 nitrogen and oxygen atoms in total. The van der Waals surface area contributed by atoms with Gasteiger partial charge in [0.25, 0.3) is 0 Å². The van der Waals surface area contributed by atoms with Gasteiger partial charge in [0.05, 0.1) is 16.7 Å². The number of rotatable bonds is 6. The summed E-state index contributed by atoms with van der Waals surface area (Å²) in [7, 11) is 0. The molecule has 4 heteroatoms. The van der Waals surface area contributed by atoms with Crippen LogP contribution in [0.2, 0.25) is 0 Å². The molecule has 0 aliphatic rings. The number of thiophene rings is 1. The van der Waals surface area contributed by atoms with E-state index in [0.29, 0.717) is 0 Å². The number of para-hydroxylation sites is 3. The molecule has 3 aromatic heterocycles. The molecule has 0 N–H and O–H groups in total. The number of benzene rings is 9. The summed E-state index contributed by atoms with van der Waals surface area (Å²) in [6.45, 7) is 0. The predicted molar refractivity (Wildman–Crippen MR) is 247 cm³/mol. The van der Waals surface area contributed by atoms with Crippen LogP contribution in [0.25, 0.3) is 91.9 Å². The van der Waals surface area contributed by atoms with Crippen LogP contribution in [0.5, 0.6) is 0 Å². The fourth-order valence-corrected chi connectivity index (χ4v) is 10.3. The maximum absolute atomic E-state index is 6.54. The van der Waals surface area contributed by atoms with Crippen molar-refractivity contribution in [3.63, 3.8) is 0 Å². The third-order valence-corrected chi connectivity index (χ3v) is 12.8. The Balaban J connectivity index is 1.14. The summed E-state index contributed by atoms with van der Waals surface area (Å²) in [5, 5.41) is 7.18. The van der Waals surface area contributed by atoms with E-state index in [1.54, 1.807) is 0 Å². The Kier molecular flexibility index (Phi) is 7.40. The average Bonchev–Trinajstić information content (AvgIpc) is 3.97. The van der Waals surface area contributed by atoms with Gasteiger partial charge in [0.15, 0.2) is 0 Å². The van der Waals surface area contributed by atoms with Gasteiger partial charge in [-0.15, -0.1) is 11.3 Å². The van der Waals surface area contributed by atoms with Crippen LogP contribution in [0.15, 0.2) is 211 Å². The van der Waals surface area contributed by atoms with Gasteiger partial charge in [0.1, 0.15) is 11.2 Å². The van der Waals surface area contributed by atoms with Crippen LogP contribution < -0.4 is 4.90 Å². The number of nitrogens with zero attached hydrogens (tertiary/aromatic N) is 2. The molecule has 0 unspecified atom stereocenters. The van der Waals surface area contributed by atoms with E-state index in [2.05, 4.69) is 210 Å². The molecule has 272 valence electrons. The zero-order valence-corrected chi connectivity index (χ0v) is 32.2. The number of anilines is 3. The largest absolute Gasteiger partial charge is 0.456 e. The van der Waals surface area contributed by atoms with Crippen molar-refractivity contribution in [1.29, 1.82) is 0 Å². The van der Waals surface area contributed by atoms with E-state index >= 15 is 0 Å².